The Morgan fingerprint density at radius 3 is 2.65 bits per heavy atom. The Labute approximate surface area is 183 Å². The summed E-state index contributed by atoms with van der Waals surface area (Å²) < 4.78 is 21.3. The Kier molecular flexibility index (Phi) is 4.72. The van der Waals surface area contributed by atoms with E-state index in [1.807, 2.05) is 19.1 Å². The molecule has 31 heavy (non-hydrogen) atoms. The SMILES string of the molecule is CN1C(=O)C(C)(C)[C@@](C)(C2CC(Nc3cccc4c3OC(C)(C)C4)=CC=C2F)N=C1N. The molecule has 6 nitrogen and oxygen atoms in total. The molecule has 166 valence electrons. The molecule has 2 aliphatic heterocycles. The minimum atomic E-state index is -1.03. The number of nitrogens with two attached hydrogens (primary N) is 1. The lowest BCUT2D eigenvalue weighted by molar-refractivity contribution is -0.141. The lowest BCUT2D eigenvalue weighted by Gasteiger charge is -2.50. The average Bonchev–Trinajstić information content (AvgIpc) is 3.01. The molecule has 0 spiro atoms. The van der Waals surface area contributed by atoms with Crippen LogP contribution in [0.4, 0.5) is 10.1 Å². The molecule has 3 aliphatic rings. The summed E-state index contributed by atoms with van der Waals surface area (Å²) in [6.07, 6.45) is 4.40. The summed E-state index contributed by atoms with van der Waals surface area (Å²) in [6, 6.07) is 6.03. The maximum atomic E-state index is 15.1. The number of amides is 1. The molecule has 0 saturated heterocycles. The van der Waals surface area contributed by atoms with E-state index in [4.69, 9.17) is 10.5 Å². The van der Waals surface area contributed by atoms with Crippen molar-refractivity contribution in [2.75, 3.05) is 12.4 Å². The molecule has 0 fully saturated rings. The molecule has 2 atom stereocenters. The highest BCUT2D eigenvalue weighted by Crippen LogP contribution is 2.50. The van der Waals surface area contributed by atoms with E-state index in [9.17, 15) is 4.79 Å². The number of benzene rings is 1. The fourth-order valence-electron chi connectivity index (χ4n) is 4.83. The molecule has 1 unspecified atom stereocenters. The van der Waals surface area contributed by atoms with E-state index in [0.29, 0.717) is 6.42 Å². The number of nitrogens with one attached hydrogen (secondary N) is 1. The second-order valence-electron chi connectivity index (χ2n) is 10.1. The van der Waals surface area contributed by atoms with Crippen LogP contribution >= 0.6 is 0 Å². The summed E-state index contributed by atoms with van der Waals surface area (Å²) in [5.74, 6) is -0.148. The molecule has 4 rings (SSSR count). The number of carbonyl (C=O) groups is 1. The van der Waals surface area contributed by atoms with Crippen molar-refractivity contribution >= 4 is 17.6 Å². The number of nitrogens with zero attached hydrogens (tertiary/aromatic N) is 2. The van der Waals surface area contributed by atoms with Crippen LogP contribution < -0.4 is 15.8 Å². The van der Waals surface area contributed by atoms with E-state index in [1.54, 1.807) is 27.0 Å². The van der Waals surface area contributed by atoms with E-state index in [0.717, 1.165) is 29.1 Å². The third-order valence-electron chi connectivity index (χ3n) is 7.06. The monoisotopic (exact) mass is 426 g/mol. The molecule has 0 aromatic heterocycles. The van der Waals surface area contributed by atoms with Crippen LogP contribution in [0.25, 0.3) is 0 Å². The van der Waals surface area contributed by atoms with Gasteiger partial charge in [-0.3, -0.25) is 9.69 Å². The van der Waals surface area contributed by atoms with Crippen molar-refractivity contribution in [2.45, 2.75) is 58.6 Å². The highest BCUT2D eigenvalue weighted by atomic mass is 19.1. The van der Waals surface area contributed by atoms with Crippen molar-refractivity contribution in [3.63, 3.8) is 0 Å². The van der Waals surface area contributed by atoms with Crippen molar-refractivity contribution in [1.82, 2.24) is 4.90 Å². The molecule has 0 saturated carbocycles. The first-order valence-electron chi connectivity index (χ1n) is 10.6. The Hall–Kier alpha value is -2.83. The van der Waals surface area contributed by atoms with Gasteiger partial charge >= 0.3 is 0 Å². The first kappa shape index (κ1) is 21.4. The van der Waals surface area contributed by atoms with Crippen molar-refractivity contribution < 1.29 is 13.9 Å². The van der Waals surface area contributed by atoms with Gasteiger partial charge in [-0.15, -0.1) is 0 Å². The lowest BCUT2D eigenvalue weighted by atomic mass is 9.62. The third kappa shape index (κ3) is 3.30. The molecular formula is C24H31FN4O2. The summed E-state index contributed by atoms with van der Waals surface area (Å²) in [4.78, 5) is 18.9. The second kappa shape index (κ2) is 6.84. The number of ether oxygens (including phenoxy) is 1. The van der Waals surface area contributed by atoms with Gasteiger partial charge < -0.3 is 15.8 Å². The zero-order chi connectivity index (χ0) is 22.8. The molecule has 1 aromatic rings. The van der Waals surface area contributed by atoms with Gasteiger partial charge in [-0.25, -0.2) is 9.38 Å². The summed E-state index contributed by atoms with van der Waals surface area (Å²) in [5.41, 5.74) is 6.66. The summed E-state index contributed by atoms with van der Waals surface area (Å²) in [7, 11) is 1.60. The highest BCUT2D eigenvalue weighted by molar-refractivity contribution is 6.01. The van der Waals surface area contributed by atoms with E-state index in [2.05, 4.69) is 30.2 Å². The number of aliphatic imine (C=N–C) groups is 1. The smallest absolute Gasteiger partial charge is 0.237 e. The molecule has 3 N–H and O–H groups in total. The fourth-order valence-corrected chi connectivity index (χ4v) is 4.83. The van der Waals surface area contributed by atoms with Gasteiger partial charge in [-0.2, -0.15) is 0 Å². The molecule has 0 radical (unpaired) electrons. The van der Waals surface area contributed by atoms with Crippen LogP contribution in [0.5, 0.6) is 5.75 Å². The number of fused-ring (bicyclic) bond motifs is 1. The standard InChI is InChI=1S/C24H31FN4O2/c1-22(2)13-14-8-7-9-18(19(14)31-22)27-15-10-11-17(25)16(12-15)24(5)23(3,4)20(30)29(6)21(26)28-24/h7-11,16,27H,12-13H2,1-6H3,(H2,26,28)/t16?,24-/m1/s1. The quantitative estimate of drug-likeness (QED) is 0.761. The number of hydrogen-bond acceptors (Lipinski definition) is 5. The van der Waals surface area contributed by atoms with Crippen molar-refractivity contribution in [2.24, 2.45) is 22.1 Å². The van der Waals surface area contributed by atoms with Gasteiger partial charge in [0.25, 0.3) is 0 Å². The van der Waals surface area contributed by atoms with Gasteiger partial charge in [0.2, 0.25) is 5.91 Å². The predicted molar refractivity (Wildman–Crippen MR) is 120 cm³/mol. The van der Waals surface area contributed by atoms with Crippen molar-refractivity contribution in [3.8, 4) is 5.75 Å². The van der Waals surface area contributed by atoms with Crippen LogP contribution in [0.15, 0.2) is 46.9 Å². The van der Waals surface area contributed by atoms with Crippen LogP contribution in [-0.4, -0.2) is 35.0 Å². The van der Waals surface area contributed by atoms with Gasteiger partial charge in [0.15, 0.2) is 5.96 Å². The number of halogens is 1. The van der Waals surface area contributed by atoms with Gasteiger partial charge in [0.05, 0.1) is 16.6 Å². The number of allylic oxidation sites excluding steroid dienone is 3. The van der Waals surface area contributed by atoms with Gasteiger partial charge in [0.1, 0.15) is 17.2 Å². The first-order chi connectivity index (χ1) is 14.4. The number of rotatable bonds is 3. The maximum absolute atomic E-state index is 15.1. The van der Waals surface area contributed by atoms with Crippen molar-refractivity contribution in [1.29, 1.82) is 0 Å². The molecular weight excluding hydrogens is 395 g/mol. The fraction of sp³-hybridized carbons (Fsp3) is 0.500. The number of carbonyl (C=O) groups excluding carboxylic acids is 1. The lowest BCUT2D eigenvalue weighted by Crippen LogP contribution is -2.62. The molecule has 0 bridgehead atoms. The average molecular weight is 427 g/mol. The van der Waals surface area contributed by atoms with E-state index in [1.165, 1.54) is 11.0 Å². The Balaban J connectivity index is 1.65. The largest absolute Gasteiger partial charge is 0.485 e. The predicted octanol–water partition coefficient (Wildman–Crippen LogP) is 4.14. The number of anilines is 1. The first-order valence-corrected chi connectivity index (χ1v) is 10.6. The molecule has 7 heteroatoms. The van der Waals surface area contributed by atoms with Gasteiger partial charge in [0, 0.05) is 30.6 Å². The molecule has 1 aliphatic carbocycles. The Bertz CT molecular complexity index is 1040. The minimum Gasteiger partial charge on any atom is -0.485 e. The Morgan fingerprint density at radius 2 is 1.94 bits per heavy atom. The van der Waals surface area contributed by atoms with E-state index in [-0.39, 0.29) is 23.3 Å². The summed E-state index contributed by atoms with van der Waals surface area (Å²) in [5, 5.41) is 3.43. The topological polar surface area (TPSA) is 80.0 Å². The zero-order valence-electron chi connectivity index (χ0n) is 19.0. The summed E-state index contributed by atoms with van der Waals surface area (Å²) in [6.45, 7) is 9.55. The van der Waals surface area contributed by atoms with Crippen LogP contribution in [0.2, 0.25) is 0 Å². The highest BCUT2D eigenvalue weighted by Gasteiger charge is 2.57. The maximum Gasteiger partial charge on any atom is 0.237 e. The van der Waals surface area contributed by atoms with E-state index < -0.39 is 16.9 Å². The number of hydrogen-bond donors (Lipinski definition) is 2. The van der Waals surface area contributed by atoms with Gasteiger partial charge in [-0.1, -0.05) is 12.1 Å². The van der Waals surface area contributed by atoms with Crippen molar-refractivity contribution in [3.05, 3.63) is 47.4 Å². The van der Waals surface area contributed by atoms with Gasteiger partial charge in [-0.05, 0) is 59.3 Å². The van der Waals surface area contributed by atoms with Crippen LogP contribution in [-0.2, 0) is 11.2 Å². The molecule has 2 heterocycles. The van der Waals surface area contributed by atoms with Crippen LogP contribution in [0.3, 0.4) is 0 Å². The number of guanidine groups is 1. The second-order valence-corrected chi connectivity index (χ2v) is 10.1. The normalized spacial score (nSPS) is 28.9. The van der Waals surface area contributed by atoms with Crippen LogP contribution in [0.1, 0.15) is 46.6 Å². The Morgan fingerprint density at radius 1 is 1.23 bits per heavy atom. The number of para-hydroxylation sites is 1. The zero-order valence-corrected chi connectivity index (χ0v) is 19.0. The van der Waals surface area contributed by atoms with Crippen LogP contribution in [0, 0.1) is 11.3 Å². The minimum absolute atomic E-state index is 0.111. The third-order valence-corrected chi connectivity index (χ3v) is 7.06. The molecule has 1 amide bonds. The summed E-state index contributed by atoms with van der Waals surface area (Å²) >= 11 is 0. The van der Waals surface area contributed by atoms with E-state index >= 15 is 4.39 Å². The molecule has 1 aromatic carbocycles.